The van der Waals surface area contributed by atoms with Gasteiger partial charge in [-0.3, -0.25) is 0 Å². The molecule has 0 atom stereocenters. The summed E-state index contributed by atoms with van der Waals surface area (Å²) in [5, 5.41) is 20.7. The molecule has 2 nitrogen and oxygen atoms in total. The Morgan fingerprint density at radius 2 is 1.25 bits per heavy atom. The summed E-state index contributed by atoms with van der Waals surface area (Å²) >= 11 is 0. The van der Waals surface area contributed by atoms with Gasteiger partial charge in [0.05, 0.1) is 0 Å². The van der Waals surface area contributed by atoms with Crippen LogP contribution in [0, 0.1) is 0 Å². The first-order chi connectivity index (χ1) is 11.2. The van der Waals surface area contributed by atoms with E-state index in [0.29, 0.717) is 0 Å². The average Bonchev–Trinajstić information content (AvgIpc) is 2.49. The SMILES string of the molecule is CCCCCC(C)(C)c1ccc(O)c(O)c1C(C)(C)CCCCC. The molecule has 0 spiro atoms. The van der Waals surface area contributed by atoms with Gasteiger partial charge < -0.3 is 10.2 Å². The molecular weight excluding hydrogens is 296 g/mol. The fourth-order valence-electron chi connectivity index (χ4n) is 3.72. The van der Waals surface area contributed by atoms with Gasteiger partial charge in [-0.05, 0) is 35.3 Å². The monoisotopic (exact) mass is 334 g/mol. The summed E-state index contributed by atoms with van der Waals surface area (Å²) in [5.41, 5.74) is 1.99. The molecule has 138 valence electrons. The number of rotatable bonds is 10. The molecule has 0 aliphatic rings. The Hall–Kier alpha value is -1.18. The van der Waals surface area contributed by atoms with Crippen LogP contribution in [0.25, 0.3) is 0 Å². The van der Waals surface area contributed by atoms with E-state index in [2.05, 4.69) is 41.5 Å². The third-order valence-corrected chi connectivity index (χ3v) is 5.37. The first-order valence-electron chi connectivity index (χ1n) is 9.73. The van der Waals surface area contributed by atoms with E-state index in [4.69, 9.17) is 0 Å². The van der Waals surface area contributed by atoms with Gasteiger partial charge in [0, 0.05) is 5.56 Å². The minimum atomic E-state index is -0.143. The lowest BCUT2D eigenvalue weighted by atomic mass is 9.69. The lowest BCUT2D eigenvalue weighted by Gasteiger charge is -2.35. The van der Waals surface area contributed by atoms with E-state index in [0.717, 1.165) is 24.8 Å². The molecule has 0 bridgehead atoms. The number of unbranched alkanes of at least 4 members (excludes halogenated alkanes) is 4. The Kier molecular flexibility index (Phi) is 7.63. The molecule has 24 heavy (non-hydrogen) atoms. The van der Waals surface area contributed by atoms with E-state index in [1.807, 2.05) is 6.07 Å². The zero-order valence-corrected chi connectivity index (χ0v) is 16.7. The summed E-state index contributed by atoms with van der Waals surface area (Å²) in [5.74, 6) is 0.0826. The second-order valence-electron chi connectivity index (χ2n) is 8.54. The van der Waals surface area contributed by atoms with E-state index in [9.17, 15) is 10.2 Å². The van der Waals surface area contributed by atoms with Gasteiger partial charge in [0.2, 0.25) is 0 Å². The van der Waals surface area contributed by atoms with E-state index in [1.165, 1.54) is 37.7 Å². The number of phenolic OH excluding ortho intramolecular Hbond substituents is 2. The Balaban J connectivity index is 3.24. The predicted octanol–water partition coefficient (Wildman–Crippen LogP) is 6.81. The lowest BCUT2D eigenvalue weighted by molar-refractivity contribution is 0.359. The fraction of sp³-hybridized carbons (Fsp3) is 0.727. The largest absolute Gasteiger partial charge is 0.504 e. The van der Waals surface area contributed by atoms with E-state index in [-0.39, 0.29) is 22.3 Å². The van der Waals surface area contributed by atoms with Crippen LogP contribution in [-0.4, -0.2) is 10.2 Å². The van der Waals surface area contributed by atoms with Crippen molar-refractivity contribution in [3.63, 3.8) is 0 Å². The highest BCUT2D eigenvalue weighted by molar-refractivity contribution is 5.54. The highest BCUT2D eigenvalue weighted by Crippen LogP contribution is 2.46. The first kappa shape index (κ1) is 20.9. The van der Waals surface area contributed by atoms with Crippen LogP contribution in [0.4, 0.5) is 0 Å². The van der Waals surface area contributed by atoms with Crippen LogP contribution in [-0.2, 0) is 10.8 Å². The molecule has 1 aromatic rings. The van der Waals surface area contributed by atoms with Gasteiger partial charge in [-0.2, -0.15) is 0 Å². The topological polar surface area (TPSA) is 40.5 Å². The Morgan fingerprint density at radius 3 is 1.75 bits per heavy atom. The van der Waals surface area contributed by atoms with Crippen LogP contribution in [0.5, 0.6) is 11.5 Å². The third-order valence-electron chi connectivity index (χ3n) is 5.37. The van der Waals surface area contributed by atoms with Crippen molar-refractivity contribution in [2.24, 2.45) is 0 Å². The van der Waals surface area contributed by atoms with Crippen molar-refractivity contribution >= 4 is 0 Å². The third kappa shape index (κ3) is 5.16. The molecule has 0 aliphatic heterocycles. The van der Waals surface area contributed by atoms with Gasteiger partial charge in [0.1, 0.15) is 0 Å². The molecule has 0 heterocycles. The maximum atomic E-state index is 10.7. The van der Waals surface area contributed by atoms with E-state index >= 15 is 0 Å². The molecule has 2 heteroatoms. The van der Waals surface area contributed by atoms with E-state index in [1.54, 1.807) is 6.07 Å². The maximum absolute atomic E-state index is 10.7. The van der Waals surface area contributed by atoms with Crippen molar-refractivity contribution in [2.45, 2.75) is 104 Å². The van der Waals surface area contributed by atoms with Crippen molar-refractivity contribution in [2.75, 3.05) is 0 Å². The number of phenols is 2. The predicted molar refractivity (Wildman–Crippen MR) is 104 cm³/mol. The Bertz CT molecular complexity index is 515. The van der Waals surface area contributed by atoms with Crippen molar-refractivity contribution in [3.05, 3.63) is 23.3 Å². The second kappa shape index (κ2) is 8.78. The second-order valence-corrected chi connectivity index (χ2v) is 8.54. The van der Waals surface area contributed by atoms with Crippen molar-refractivity contribution in [1.29, 1.82) is 0 Å². The minimum absolute atomic E-state index is 0.00155. The summed E-state index contributed by atoms with van der Waals surface area (Å²) in [6, 6.07) is 3.68. The van der Waals surface area contributed by atoms with Crippen LogP contribution in [0.2, 0.25) is 0 Å². The van der Waals surface area contributed by atoms with Crippen LogP contribution in [0.1, 0.15) is 104 Å². The quantitative estimate of drug-likeness (QED) is 0.364. The smallest absolute Gasteiger partial charge is 0.161 e. The zero-order valence-electron chi connectivity index (χ0n) is 16.7. The van der Waals surface area contributed by atoms with Gasteiger partial charge in [-0.15, -0.1) is 0 Å². The van der Waals surface area contributed by atoms with Gasteiger partial charge in [0.25, 0.3) is 0 Å². The highest BCUT2D eigenvalue weighted by atomic mass is 16.3. The summed E-state index contributed by atoms with van der Waals surface area (Å²) in [6.45, 7) is 13.4. The minimum Gasteiger partial charge on any atom is -0.504 e. The first-order valence-corrected chi connectivity index (χ1v) is 9.73. The van der Waals surface area contributed by atoms with Crippen LogP contribution >= 0.6 is 0 Å². The molecule has 0 saturated carbocycles. The van der Waals surface area contributed by atoms with E-state index < -0.39 is 0 Å². The molecule has 0 fully saturated rings. The molecular formula is C22H38O2. The normalized spacial score (nSPS) is 12.6. The molecule has 1 aromatic carbocycles. The number of benzene rings is 1. The highest BCUT2D eigenvalue weighted by Gasteiger charge is 2.33. The summed E-state index contributed by atoms with van der Waals surface area (Å²) < 4.78 is 0. The van der Waals surface area contributed by atoms with Crippen molar-refractivity contribution in [1.82, 2.24) is 0 Å². The number of hydrogen-bond donors (Lipinski definition) is 2. The molecule has 0 radical (unpaired) electrons. The molecule has 1 rings (SSSR count). The zero-order chi connectivity index (χ0) is 18.4. The van der Waals surface area contributed by atoms with Crippen molar-refractivity contribution < 1.29 is 10.2 Å². The molecule has 0 aromatic heterocycles. The number of aromatic hydroxyl groups is 2. The lowest BCUT2D eigenvalue weighted by Crippen LogP contribution is -2.26. The maximum Gasteiger partial charge on any atom is 0.161 e. The van der Waals surface area contributed by atoms with Gasteiger partial charge in [-0.25, -0.2) is 0 Å². The fourth-order valence-corrected chi connectivity index (χ4v) is 3.72. The molecule has 0 amide bonds. The summed E-state index contributed by atoms with van der Waals surface area (Å²) in [6.07, 6.45) is 9.32. The van der Waals surface area contributed by atoms with Gasteiger partial charge in [-0.1, -0.05) is 86.1 Å². The van der Waals surface area contributed by atoms with Gasteiger partial charge in [0.15, 0.2) is 11.5 Å². The Labute approximate surface area is 149 Å². The van der Waals surface area contributed by atoms with Crippen LogP contribution in [0.3, 0.4) is 0 Å². The standard InChI is InChI=1S/C22H38O2/c1-7-9-11-15-21(3,4)17-13-14-18(23)20(24)19(17)22(5,6)16-12-10-8-2/h13-14,23-24H,7-12,15-16H2,1-6H3. The van der Waals surface area contributed by atoms with Crippen molar-refractivity contribution in [3.8, 4) is 11.5 Å². The van der Waals surface area contributed by atoms with Gasteiger partial charge >= 0.3 is 0 Å². The van der Waals surface area contributed by atoms with Crippen LogP contribution in [0.15, 0.2) is 12.1 Å². The molecule has 0 unspecified atom stereocenters. The Morgan fingerprint density at radius 1 is 0.750 bits per heavy atom. The molecule has 2 N–H and O–H groups in total. The summed E-state index contributed by atoms with van der Waals surface area (Å²) in [7, 11) is 0. The molecule has 0 saturated heterocycles. The number of hydrogen-bond acceptors (Lipinski definition) is 2. The summed E-state index contributed by atoms with van der Waals surface area (Å²) in [4.78, 5) is 0. The average molecular weight is 335 g/mol. The van der Waals surface area contributed by atoms with Crippen LogP contribution < -0.4 is 0 Å². The molecule has 0 aliphatic carbocycles.